The summed E-state index contributed by atoms with van der Waals surface area (Å²) < 4.78 is 10.1. The highest BCUT2D eigenvalue weighted by atomic mass is 35.5. The van der Waals surface area contributed by atoms with E-state index in [1.807, 2.05) is 5.32 Å². The van der Waals surface area contributed by atoms with Gasteiger partial charge in [-0.2, -0.15) is 0 Å². The summed E-state index contributed by atoms with van der Waals surface area (Å²) in [6, 6.07) is 2.75. The monoisotopic (exact) mass is 328 g/mol. The lowest BCUT2D eigenvalue weighted by molar-refractivity contribution is -0.150. The van der Waals surface area contributed by atoms with Gasteiger partial charge in [0, 0.05) is 12.1 Å². The van der Waals surface area contributed by atoms with Crippen molar-refractivity contribution in [3.05, 3.63) is 28.3 Å². The highest BCUT2D eigenvalue weighted by Gasteiger charge is 2.12. The molecule has 0 saturated carbocycles. The maximum absolute atomic E-state index is 11.5. The third kappa shape index (κ3) is 5.61. The van der Waals surface area contributed by atoms with Crippen LogP contribution in [0.2, 0.25) is 5.02 Å². The topological polar surface area (TPSA) is 93.7 Å². The molecular formula is C14H17ClN2O5. The standard InChI is InChI=1S/C14H17ClN2O5/c1-8-4-10(15)5-9(2)13(8)22-7-12(19)21-6-11(18)17-14(20)16-3/h4-5H,6-7H2,1-3H3,(H2,16,17,18,20). The minimum Gasteiger partial charge on any atom is -0.481 e. The lowest BCUT2D eigenvalue weighted by atomic mass is 10.1. The van der Waals surface area contributed by atoms with Crippen LogP contribution in [-0.4, -0.2) is 38.2 Å². The number of imide groups is 1. The van der Waals surface area contributed by atoms with Gasteiger partial charge in [0.15, 0.2) is 13.2 Å². The molecule has 22 heavy (non-hydrogen) atoms. The summed E-state index contributed by atoms with van der Waals surface area (Å²) in [5.41, 5.74) is 1.57. The first kappa shape index (κ1) is 17.8. The first-order valence-electron chi connectivity index (χ1n) is 6.40. The largest absolute Gasteiger partial charge is 0.481 e. The summed E-state index contributed by atoms with van der Waals surface area (Å²) >= 11 is 5.90. The molecule has 0 aliphatic heterocycles. The third-order valence-electron chi connectivity index (χ3n) is 2.60. The zero-order chi connectivity index (χ0) is 16.7. The lowest BCUT2D eigenvalue weighted by Gasteiger charge is -2.12. The molecule has 0 atom stereocenters. The van der Waals surface area contributed by atoms with Gasteiger partial charge < -0.3 is 14.8 Å². The Morgan fingerprint density at radius 1 is 1.14 bits per heavy atom. The molecular weight excluding hydrogens is 312 g/mol. The molecule has 0 aromatic heterocycles. The van der Waals surface area contributed by atoms with E-state index in [4.69, 9.17) is 21.1 Å². The third-order valence-corrected chi connectivity index (χ3v) is 2.82. The molecule has 0 bridgehead atoms. The number of ether oxygens (including phenoxy) is 2. The van der Waals surface area contributed by atoms with Crippen molar-refractivity contribution in [2.45, 2.75) is 13.8 Å². The van der Waals surface area contributed by atoms with E-state index in [2.05, 4.69) is 5.32 Å². The first-order valence-corrected chi connectivity index (χ1v) is 6.78. The van der Waals surface area contributed by atoms with E-state index in [0.717, 1.165) is 11.1 Å². The SMILES string of the molecule is CNC(=O)NC(=O)COC(=O)COc1c(C)cc(Cl)cc1C. The second-order valence-corrected chi connectivity index (χ2v) is 4.88. The average Bonchev–Trinajstić information content (AvgIpc) is 2.43. The summed E-state index contributed by atoms with van der Waals surface area (Å²) in [6.45, 7) is 2.69. The van der Waals surface area contributed by atoms with Crippen molar-refractivity contribution in [2.24, 2.45) is 0 Å². The van der Waals surface area contributed by atoms with Gasteiger partial charge in [-0.3, -0.25) is 10.1 Å². The van der Waals surface area contributed by atoms with Crippen LogP contribution >= 0.6 is 11.6 Å². The van der Waals surface area contributed by atoms with Crippen LogP contribution in [0.4, 0.5) is 4.79 Å². The number of urea groups is 1. The summed E-state index contributed by atoms with van der Waals surface area (Å²) in [4.78, 5) is 33.6. The number of aryl methyl sites for hydroxylation is 2. The number of hydrogen-bond donors (Lipinski definition) is 2. The van der Waals surface area contributed by atoms with Crippen LogP contribution in [0, 0.1) is 13.8 Å². The number of carbonyl (C=O) groups is 3. The van der Waals surface area contributed by atoms with E-state index in [1.165, 1.54) is 7.05 Å². The maximum atomic E-state index is 11.5. The smallest absolute Gasteiger partial charge is 0.344 e. The Hall–Kier alpha value is -2.28. The number of rotatable bonds is 5. The molecule has 1 aromatic carbocycles. The van der Waals surface area contributed by atoms with Gasteiger partial charge in [-0.1, -0.05) is 11.6 Å². The number of hydrogen-bond acceptors (Lipinski definition) is 5. The molecule has 0 spiro atoms. The molecule has 8 heteroatoms. The Labute approximate surface area is 132 Å². The van der Waals surface area contributed by atoms with Gasteiger partial charge in [0.25, 0.3) is 5.91 Å². The van der Waals surface area contributed by atoms with Gasteiger partial charge >= 0.3 is 12.0 Å². The van der Waals surface area contributed by atoms with Crippen LogP contribution in [0.1, 0.15) is 11.1 Å². The zero-order valence-corrected chi connectivity index (χ0v) is 13.2. The van der Waals surface area contributed by atoms with Crippen LogP contribution in [0.25, 0.3) is 0 Å². The Kier molecular flexibility index (Phi) is 6.65. The second kappa shape index (κ2) is 8.23. The summed E-state index contributed by atoms with van der Waals surface area (Å²) in [7, 11) is 1.36. The number of amides is 3. The van der Waals surface area contributed by atoms with Crippen LogP contribution in [0.15, 0.2) is 12.1 Å². The average molecular weight is 329 g/mol. The molecule has 3 amide bonds. The normalized spacial score (nSPS) is 9.82. The van der Waals surface area contributed by atoms with Crippen LogP contribution < -0.4 is 15.4 Å². The van der Waals surface area contributed by atoms with Crippen molar-refractivity contribution in [2.75, 3.05) is 20.3 Å². The maximum Gasteiger partial charge on any atom is 0.344 e. The number of benzene rings is 1. The molecule has 0 heterocycles. The fourth-order valence-electron chi connectivity index (χ4n) is 1.67. The van der Waals surface area contributed by atoms with E-state index in [-0.39, 0.29) is 6.61 Å². The van der Waals surface area contributed by atoms with Crippen molar-refractivity contribution in [1.82, 2.24) is 10.6 Å². The summed E-state index contributed by atoms with van der Waals surface area (Å²) in [5, 5.41) is 4.74. The fraction of sp³-hybridized carbons (Fsp3) is 0.357. The highest BCUT2D eigenvalue weighted by molar-refractivity contribution is 6.30. The van der Waals surface area contributed by atoms with Gasteiger partial charge in [-0.05, 0) is 37.1 Å². The van der Waals surface area contributed by atoms with Crippen LogP contribution in [0.5, 0.6) is 5.75 Å². The Bertz CT molecular complexity index is 566. The summed E-state index contributed by atoms with van der Waals surface area (Å²) in [6.07, 6.45) is 0. The molecule has 0 radical (unpaired) electrons. The molecule has 0 aliphatic rings. The predicted octanol–water partition coefficient (Wildman–Crippen LogP) is 1.33. The van der Waals surface area contributed by atoms with Gasteiger partial charge in [-0.15, -0.1) is 0 Å². The zero-order valence-electron chi connectivity index (χ0n) is 12.5. The van der Waals surface area contributed by atoms with Crippen LogP contribution in [0.3, 0.4) is 0 Å². The number of esters is 1. The molecule has 7 nitrogen and oxygen atoms in total. The fourth-order valence-corrected chi connectivity index (χ4v) is 2.00. The highest BCUT2D eigenvalue weighted by Crippen LogP contribution is 2.26. The predicted molar refractivity (Wildman–Crippen MR) is 80.0 cm³/mol. The lowest BCUT2D eigenvalue weighted by Crippen LogP contribution is -2.40. The molecule has 0 saturated heterocycles. The van der Waals surface area contributed by atoms with E-state index in [0.29, 0.717) is 10.8 Å². The quantitative estimate of drug-likeness (QED) is 0.795. The molecule has 1 rings (SSSR count). The minimum absolute atomic E-state index is 0.351. The molecule has 120 valence electrons. The Morgan fingerprint density at radius 2 is 1.73 bits per heavy atom. The number of carbonyl (C=O) groups excluding carboxylic acids is 3. The van der Waals surface area contributed by atoms with Gasteiger partial charge in [-0.25, -0.2) is 9.59 Å². The van der Waals surface area contributed by atoms with Crippen molar-refractivity contribution in [1.29, 1.82) is 0 Å². The van der Waals surface area contributed by atoms with Gasteiger partial charge in [0.2, 0.25) is 0 Å². The number of nitrogens with one attached hydrogen (secondary N) is 2. The Morgan fingerprint density at radius 3 is 2.27 bits per heavy atom. The van der Waals surface area contributed by atoms with Crippen molar-refractivity contribution >= 4 is 29.5 Å². The molecule has 2 N–H and O–H groups in total. The molecule has 1 aromatic rings. The van der Waals surface area contributed by atoms with Crippen LogP contribution in [-0.2, 0) is 14.3 Å². The van der Waals surface area contributed by atoms with E-state index in [9.17, 15) is 14.4 Å². The van der Waals surface area contributed by atoms with Gasteiger partial charge in [0.05, 0.1) is 0 Å². The van der Waals surface area contributed by atoms with E-state index < -0.39 is 24.5 Å². The number of halogens is 1. The van der Waals surface area contributed by atoms with E-state index in [1.54, 1.807) is 26.0 Å². The molecule has 0 aliphatic carbocycles. The molecule has 0 fully saturated rings. The minimum atomic E-state index is -0.730. The first-order chi connectivity index (χ1) is 10.3. The van der Waals surface area contributed by atoms with Crippen molar-refractivity contribution in [3.63, 3.8) is 0 Å². The van der Waals surface area contributed by atoms with Crippen molar-refractivity contribution < 1.29 is 23.9 Å². The van der Waals surface area contributed by atoms with Crippen molar-refractivity contribution in [3.8, 4) is 5.75 Å². The van der Waals surface area contributed by atoms with E-state index >= 15 is 0 Å². The Balaban J connectivity index is 2.44. The second-order valence-electron chi connectivity index (χ2n) is 4.45. The molecule has 0 unspecified atom stereocenters. The van der Waals surface area contributed by atoms with Gasteiger partial charge in [0.1, 0.15) is 5.75 Å². The summed E-state index contributed by atoms with van der Waals surface area (Å²) in [5.74, 6) is -0.913.